The van der Waals surface area contributed by atoms with Crippen molar-refractivity contribution >= 4 is 51.9 Å². The lowest BCUT2D eigenvalue weighted by molar-refractivity contribution is 0.0511. The quantitative estimate of drug-likeness (QED) is 0.132. The lowest BCUT2D eigenvalue weighted by Crippen LogP contribution is -2.10. The third-order valence-corrected chi connectivity index (χ3v) is 9.36. The van der Waals surface area contributed by atoms with Gasteiger partial charge < -0.3 is 14.2 Å². The third kappa shape index (κ3) is 7.11. The topological polar surface area (TPSA) is 118 Å². The van der Waals surface area contributed by atoms with Crippen molar-refractivity contribution < 1.29 is 28.6 Å². The van der Waals surface area contributed by atoms with Crippen LogP contribution >= 0.6 is 34.0 Å². The second-order valence-electron chi connectivity index (χ2n) is 9.38. The Morgan fingerprint density at radius 3 is 1.05 bits per heavy atom. The number of thiazole rings is 3. The van der Waals surface area contributed by atoms with E-state index in [1.165, 1.54) is 34.0 Å². The smallest absolute Gasteiger partial charge is 0.357 e. The first-order valence-electron chi connectivity index (χ1n) is 13.6. The fourth-order valence-electron chi connectivity index (χ4n) is 4.71. The summed E-state index contributed by atoms with van der Waals surface area (Å²) in [4.78, 5) is 50.4. The molecule has 0 N–H and O–H groups in total. The molecular weight excluding hydrogens is 595 g/mol. The lowest BCUT2D eigenvalue weighted by atomic mass is 9.85. The molecule has 0 spiro atoms. The standard InChI is InChI=1S/C30H33N3O6S3/c1-7-37-28(34)22-13-40-25(31-22)10-19-16(4)20(11-26-32-23(14-41-26)29(35)38-8-2)18(6)21(17(19)5)12-27-33-24(15-42-27)30(36)39-9-3/h13-15H,7-12H2,1-6H3. The van der Waals surface area contributed by atoms with E-state index in [2.05, 4.69) is 35.7 Å². The van der Waals surface area contributed by atoms with Crippen LogP contribution in [0.2, 0.25) is 0 Å². The Hall–Kier alpha value is -3.48. The molecule has 0 saturated heterocycles. The van der Waals surface area contributed by atoms with Gasteiger partial charge in [0.25, 0.3) is 0 Å². The first kappa shape index (κ1) is 31.5. The van der Waals surface area contributed by atoms with Gasteiger partial charge in [-0.05, 0) is 74.9 Å². The zero-order valence-electron chi connectivity index (χ0n) is 24.5. The molecule has 12 heteroatoms. The van der Waals surface area contributed by atoms with Crippen molar-refractivity contribution in [2.45, 2.75) is 60.8 Å². The Labute approximate surface area is 256 Å². The van der Waals surface area contributed by atoms with Crippen LogP contribution in [0, 0.1) is 20.8 Å². The molecule has 0 bridgehead atoms. The van der Waals surface area contributed by atoms with Crippen LogP contribution in [-0.4, -0.2) is 52.7 Å². The summed E-state index contributed by atoms with van der Waals surface area (Å²) in [7, 11) is 0. The summed E-state index contributed by atoms with van der Waals surface area (Å²) in [5.74, 6) is -1.29. The maximum absolute atomic E-state index is 12.2. The summed E-state index contributed by atoms with van der Waals surface area (Å²) in [5, 5.41) is 7.61. The van der Waals surface area contributed by atoms with Gasteiger partial charge in [0, 0.05) is 35.4 Å². The van der Waals surface area contributed by atoms with Gasteiger partial charge in [0.05, 0.1) is 34.8 Å². The molecule has 0 saturated carbocycles. The molecule has 0 radical (unpaired) electrons. The molecule has 9 nitrogen and oxygen atoms in total. The summed E-state index contributed by atoms with van der Waals surface area (Å²) in [6.45, 7) is 12.5. The molecule has 0 amide bonds. The van der Waals surface area contributed by atoms with E-state index in [9.17, 15) is 14.4 Å². The Kier molecular flexibility index (Phi) is 10.6. The molecule has 222 valence electrons. The van der Waals surface area contributed by atoms with Crippen LogP contribution in [0.15, 0.2) is 16.1 Å². The summed E-state index contributed by atoms with van der Waals surface area (Å²) >= 11 is 4.28. The molecule has 4 rings (SSSR count). The van der Waals surface area contributed by atoms with Crippen molar-refractivity contribution in [1.29, 1.82) is 0 Å². The maximum Gasteiger partial charge on any atom is 0.357 e. The van der Waals surface area contributed by atoms with Crippen molar-refractivity contribution in [3.8, 4) is 0 Å². The minimum Gasteiger partial charge on any atom is -0.461 e. The second-order valence-corrected chi connectivity index (χ2v) is 12.2. The monoisotopic (exact) mass is 627 g/mol. The number of nitrogens with zero attached hydrogens (tertiary/aromatic N) is 3. The Morgan fingerprint density at radius 1 is 0.548 bits per heavy atom. The Morgan fingerprint density at radius 2 is 0.810 bits per heavy atom. The van der Waals surface area contributed by atoms with Crippen molar-refractivity contribution in [2.24, 2.45) is 0 Å². The van der Waals surface area contributed by atoms with Gasteiger partial charge >= 0.3 is 17.9 Å². The number of rotatable bonds is 12. The molecule has 3 aromatic heterocycles. The molecule has 0 aliphatic heterocycles. The van der Waals surface area contributed by atoms with E-state index in [4.69, 9.17) is 14.2 Å². The molecule has 0 aliphatic carbocycles. The predicted octanol–water partition coefficient (Wildman–Crippen LogP) is 6.28. The van der Waals surface area contributed by atoms with E-state index < -0.39 is 17.9 Å². The van der Waals surface area contributed by atoms with Crippen LogP contribution in [0.1, 0.15) is 101 Å². The van der Waals surface area contributed by atoms with Crippen LogP contribution in [0.5, 0.6) is 0 Å². The maximum atomic E-state index is 12.2. The van der Waals surface area contributed by atoms with Gasteiger partial charge in [-0.15, -0.1) is 34.0 Å². The highest BCUT2D eigenvalue weighted by atomic mass is 32.1. The number of ether oxygens (including phenoxy) is 3. The number of aromatic nitrogens is 3. The van der Waals surface area contributed by atoms with Crippen molar-refractivity contribution in [1.82, 2.24) is 15.0 Å². The van der Waals surface area contributed by atoms with E-state index in [0.29, 0.717) is 36.3 Å². The molecule has 0 atom stereocenters. The van der Waals surface area contributed by atoms with Crippen LogP contribution in [0.3, 0.4) is 0 Å². The predicted molar refractivity (Wildman–Crippen MR) is 163 cm³/mol. The molecule has 4 aromatic rings. The summed E-state index contributed by atoms with van der Waals surface area (Å²) in [5.41, 5.74) is 7.59. The van der Waals surface area contributed by atoms with E-state index in [1.807, 2.05) is 0 Å². The minimum absolute atomic E-state index is 0.290. The van der Waals surface area contributed by atoms with Gasteiger partial charge in [-0.1, -0.05) is 0 Å². The molecule has 0 unspecified atom stereocenters. The van der Waals surface area contributed by atoms with Crippen molar-refractivity contribution in [3.63, 3.8) is 0 Å². The van der Waals surface area contributed by atoms with Gasteiger partial charge in [-0.25, -0.2) is 29.3 Å². The number of carbonyl (C=O) groups is 3. The fraction of sp³-hybridized carbons (Fsp3) is 0.400. The highest BCUT2D eigenvalue weighted by Gasteiger charge is 2.22. The molecule has 0 fully saturated rings. The van der Waals surface area contributed by atoms with Gasteiger partial charge in [0.1, 0.15) is 0 Å². The summed E-state index contributed by atoms with van der Waals surface area (Å²) < 4.78 is 15.4. The molecule has 1 aromatic carbocycles. The Balaban J connectivity index is 1.74. The zero-order chi connectivity index (χ0) is 30.4. The zero-order valence-corrected chi connectivity index (χ0v) is 26.9. The van der Waals surface area contributed by atoms with Crippen LogP contribution in [0.25, 0.3) is 0 Å². The normalized spacial score (nSPS) is 11.0. The van der Waals surface area contributed by atoms with Gasteiger partial charge in [0.15, 0.2) is 17.1 Å². The van der Waals surface area contributed by atoms with E-state index in [1.54, 1.807) is 36.9 Å². The van der Waals surface area contributed by atoms with Gasteiger partial charge in [-0.2, -0.15) is 0 Å². The summed E-state index contributed by atoms with van der Waals surface area (Å²) in [6, 6.07) is 0. The number of hydrogen-bond donors (Lipinski definition) is 0. The minimum atomic E-state index is -0.430. The SMILES string of the molecule is CCOC(=O)c1csc(Cc2c(C)c(Cc3nc(C(=O)OCC)cs3)c(C)c(Cc3nc(C(=O)OCC)cs3)c2C)n1. The fourth-order valence-corrected chi connectivity index (χ4v) is 7.04. The average Bonchev–Trinajstić information content (AvgIpc) is 3.73. The summed E-state index contributed by atoms with van der Waals surface area (Å²) in [6.07, 6.45) is 1.62. The van der Waals surface area contributed by atoms with Crippen LogP contribution < -0.4 is 0 Å². The average molecular weight is 628 g/mol. The molecule has 42 heavy (non-hydrogen) atoms. The first-order valence-corrected chi connectivity index (χ1v) is 16.2. The lowest BCUT2D eigenvalue weighted by Gasteiger charge is -2.21. The third-order valence-electron chi connectivity index (χ3n) is 6.81. The van der Waals surface area contributed by atoms with Crippen molar-refractivity contribution in [2.75, 3.05) is 19.8 Å². The van der Waals surface area contributed by atoms with E-state index in [0.717, 1.165) is 48.4 Å². The highest BCUT2D eigenvalue weighted by molar-refractivity contribution is 7.10. The Bertz CT molecular complexity index is 1400. The largest absolute Gasteiger partial charge is 0.461 e. The van der Waals surface area contributed by atoms with Gasteiger partial charge in [-0.3, -0.25) is 0 Å². The molecule has 3 heterocycles. The highest BCUT2D eigenvalue weighted by Crippen LogP contribution is 2.33. The molecule has 0 aliphatic rings. The van der Waals surface area contributed by atoms with Crippen LogP contribution in [-0.2, 0) is 33.5 Å². The number of hydrogen-bond acceptors (Lipinski definition) is 12. The number of esters is 3. The van der Waals surface area contributed by atoms with E-state index >= 15 is 0 Å². The van der Waals surface area contributed by atoms with Crippen molar-refractivity contribution in [3.05, 3.63) is 81.6 Å². The molecular formula is C30H33N3O6S3. The number of benzene rings is 1. The van der Waals surface area contributed by atoms with E-state index in [-0.39, 0.29) is 19.8 Å². The van der Waals surface area contributed by atoms with Gasteiger partial charge in [0.2, 0.25) is 0 Å². The van der Waals surface area contributed by atoms with Crippen LogP contribution in [0.4, 0.5) is 0 Å². The second kappa shape index (κ2) is 14.1. The number of carbonyl (C=O) groups excluding carboxylic acids is 3. The first-order chi connectivity index (χ1) is 20.2.